The Morgan fingerprint density at radius 2 is 1.95 bits per heavy atom. The van der Waals surface area contributed by atoms with Gasteiger partial charge in [0.05, 0.1) is 12.4 Å². The third-order valence-electron chi connectivity index (χ3n) is 3.33. The lowest BCUT2D eigenvalue weighted by atomic mass is 10.2. The normalized spacial score (nSPS) is 14.0. The van der Waals surface area contributed by atoms with E-state index in [1.54, 1.807) is 6.20 Å². The second kappa shape index (κ2) is 5.28. The molecule has 3 rings (SSSR count). The van der Waals surface area contributed by atoms with Crippen LogP contribution in [0.3, 0.4) is 0 Å². The van der Waals surface area contributed by atoms with Crippen LogP contribution in [-0.2, 0) is 6.54 Å². The number of hydrogen-bond acceptors (Lipinski definition) is 4. The van der Waals surface area contributed by atoms with E-state index in [-0.39, 0.29) is 5.69 Å². The zero-order valence-electron chi connectivity index (χ0n) is 10.9. The molecule has 20 heavy (non-hydrogen) atoms. The van der Waals surface area contributed by atoms with Gasteiger partial charge in [0.1, 0.15) is 5.82 Å². The molecule has 1 heterocycles. The largest absolute Gasteiger partial charge is 0.476 e. The molecule has 1 aromatic heterocycles. The third kappa shape index (κ3) is 2.77. The van der Waals surface area contributed by atoms with Gasteiger partial charge >= 0.3 is 5.97 Å². The smallest absolute Gasteiger partial charge is 0.356 e. The van der Waals surface area contributed by atoms with E-state index < -0.39 is 5.97 Å². The van der Waals surface area contributed by atoms with Gasteiger partial charge in [0, 0.05) is 12.6 Å². The molecule has 2 aromatic rings. The van der Waals surface area contributed by atoms with Crippen LogP contribution in [0, 0.1) is 0 Å². The van der Waals surface area contributed by atoms with E-state index >= 15 is 0 Å². The zero-order chi connectivity index (χ0) is 13.9. The Labute approximate surface area is 116 Å². The first-order chi connectivity index (χ1) is 9.74. The maximum atomic E-state index is 10.8. The summed E-state index contributed by atoms with van der Waals surface area (Å²) >= 11 is 0. The lowest BCUT2D eigenvalue weighted by Gasteiger charge is -2.23. The topological polar surface area (TPSA) is 66.3 Å². The third-order valence-corrected chi connectivity index (χ3v) is 3.33. The van der Waals surface area contributed by atoms with Crippen molar-refractivity contribution in [3.8, 4) is 0 Å². The summed E-state index contributed by atoms with van der Waals surface area (Å²) in [6, 6.07) is 10.7. The van der Waals surface area contributed by atoms with Crippen molar-refractivity contribution >= 4 is 11.8 Å². The zero-order valence-corrected chi connectivity index (χ0v) is 10.9. The highest BCUT2D eigenvalue weighted by Gasteiger charge is 2.30. The highest BCUT2D eigenvalue weighted by Crippen LogP contribution is 2.31. The first-order valence-electron chi connectivity index (χ1n) is 6.60. The molecule has 1 N–H and O–H groups in total. The van der Waals surface area contributed by atoms with E-state index in [0.717, 1.165) is 25.2 Å². The second-order valence-corrected chi connectivity index (χ2v) is 4.91. The minimum absolute atomic E-state index is 0.0239. The number of carboxylic acid groups (broad SMARTS) is 1. The van der Waals surface area contributed by atoms with Crippen LogP contribution in [0.15, 0.2) is 42.7 Å². The van der Waals surface area contributed by atoms with Crippen LogP contribution in [-0.4, -0.2) is 27.1 Å². The maximum absolute atomic E-state index is 10.8. The van der Waals surface area contributed by atoms with Crippen LogP contribution in [0.4, 0.5) is 5.82 Å². The fourth-order valence-electron chi connectivity index (χ4n) is 2.14. The van der Waals surface area contributed by atoms with E-state index in [4.69, 9.17) is 5.11 Å². The first kappa shape index (κ1) is 12.6. The van der Waals surface area contributed by atoms with Gasteiger partial charge < -0.3 is 10.0 Å². The van der Waals surface area contributed by atoms with Crippen LogP contribution >= 0.6 is 0 Å². The van der Waals surface area contributed by atoms with Gasteiger partial charge in [-0.2, -0.15) is 0 Å². The average Bonchev–Trinajstić information content (AvgIpc) is 3.30. The Morgan fingerprint density at radius 3 is 2.50 bits per heavy atom. The Kier molecular flexibility index (Phi) is 3.33. The number of rotatable bonds is 5. The van der Waals surface area contributed by atoms with Gasteiger partial charge in [0.15, 0.2) is 5.69 Å². The van der Waals surface area contributed by atoms with Gasteiger partial charge in [-0.1, -0.05) is 30.3 Å². The number of aromatic nitrogens is 2. The van der Waals surface area contributed by atoms with E-state index in [2.05, 4.69) is 27.0 Å². The molecule has 102 valence electrons. The van der Waals surface area contributed by atoms with Gasteiger partial charge in [-0.05, 0) is 18.4 Å². The quantitative estimate of drug-likeness (QED) is 0.902. The molecule has 0 aliphatic heterocycles. The van der Waals surface area contributed by atoms with Crippen molar-refractivity contribution in [2.24, 2.45) is 0 Å². The summed E-state index contributed by atoms with van der Waals surface area (Å²) < 4.78 is 0. The first-order valence-corrected chi connectivity index (χ1v) is 6.60. The predicted octanol–water partition coefficient (Wildman–Crippen LogP) is 2.34. The van der Waals surface area contributed by atoms with Gasteiger partial charge in [0.2, 0.25) is 0 Å². The number of carboxylic acids is 1. The lowest BCUT2D eigenvalue weighted by Crippen LogP contribution is -2.26. The molecule has 0 saturated heterocycles. The molecule has 5 nitrogen and oxygen atoms in total. The summed E-state index contributed by atoms with van der Waals surface area (Å²) in [4.78, 5) is 21.2. The standard InChI is InChI=1S/C15H15N3O2/c19-15(20)13-8-17-14(9-16-13)18(12-6-7-12)10-11-4-2-1-3-5-11/h1-5,8-9,12H,6-7,10H2,(H,19,20). The molecule has 0 spiro atoms. The molecule has 1 aliphatic rings. The number of nitrogens with zero attached hydrogens (tertiary/aromatic N) is 3. The molecular formula is C15H15N3O2. The molecule has 0 bridgehead atoms. The van der Waals surface area contributed by atoms with Crippen LogP contribution in [0.25, 0.3) is 0 Å². The molecule has 0 atom stereocenters. The molecule has 0 amide bonds. The Bertz CT molecular complexity index is 594. The number of aromatic carboxylic acids is 1. The van der Waals surface area contributed by atoms with Crippen molar-refractivity contribution in [1.82, 2.24) is 9.97 Å². The van der Waals surface area contributed by atoms with Crippen molar-refractivity contribution in [2.75, 3.05) is 4.90 Å². The van der Waals surface area contributed by atoms with Crippen LogP contribution in [0.2, 0.25) is 0 Å². The molecule has 1 fully saturated rings. The summed E-state index contributed by atoms with van der Waals surface area (Å²) in [5.41, 5.74) is 1.19. The summed E-state index contributed by atoms with van der Waals surface area (Å²) in [6.45, 7) is 0.770. The maximum Gasteiger partial charge on any atom is 0.356 e. The molecule has 1 saturated carbocycles. The molecule has 0 unspecified atom stereocenters. The molecule has 5 heteroatoms. The van der Waals surface area contributed by atoms with Gasteiger partial charge in [-0.3, -0.25) is 0 Å². The Balaban J connectivity index is 1.82. The van der Waals surface area contributed by atoms with E-state index in [9.17, 15) is 4.79 Å². The minimum Gasteiger partial charge on any atom is -0.476 e. The van der Waals surface area contributed by atoms with Crippen molar-refractivity contribution in [3.63, 3.8) is 0 Å². The van der Waals surface area contributed by atoms with Crippen LogP contribution in [0.1, 0.15) is 28.9 Å². The minimum atomic E-state index is -1.05. The highest BCUT2D eigenvalue weighted by molar-refractivity contribution is 5.84. The number of benzene rings is 1. The van der Waals surface area contributed by atoms with Crippen molar-refractivity contribution in [1.29, 1.82) is 0 Å². The lowest BCUT2D eigenvalue weighted by molar-refractivity contribution is 0.0690. The van der Waals surface area contributed by atoms with Crippen LogP contribution in [0.5, 0.6) is 0 Å². The predicted molar refractivity (Wildman–Crippen MR) is 74.6 cm³/mol. The number of hydrogen-bond donors (Lipinski definition) is 1. The summed E-state index contributed by atoms with van der Waals surface area (Å²) in [7, 11) is 0. The number of carbonyl (C=O) groups is 1. The van der Waals surface area contributed by atoms with Crippen LogP contribution < -0.4 is 4.90 Å². The van der Waals surface area contributed by atoms with E-state index in [1.807, 2.05) is 18.2 Å². The van der Waals surface area contributed by atoms with Crippen molar-refractivity contribution in [2.45, 2.75) is 25.4 Å². The molecule has 1 aromatic carbocycles. The van der Waals surface area contributed by atoms with Gasteiger partial charge in [-0.25, -0.2) is 14.8 Å². The molecule has 0 radical (unpaired) electrons. The van der Waals surface area contributed by atoms with E-state index in [1.165, 1.54) is 11.8 Å². The van der Waals surface area contributed by atoms with Crippen molar-refractivity contribution < 1.29 is 9.90 Å². The summed E-state index contributed by atoms with van der Waals surface area (Å²) in [5.74, 6) is -0.313. The second-order valence-electron chi connectivity index (χ2n) is 4.91. The Hall–Kier alpha value is -2.43. The average molecular weight is 269 g/mol. The summed E-state index contributed by atoms with van der Waals surface area (Å²) in [5, 5.41) is 8.85. The number of anilines is 1. The molecule has 1 aliphatic carbocycles. The Morgan fingerprint density at radius 1 is 1.20 bits per heavy atom. The van der Waals surface area contributed by atoms with E-state index in [0.29, 0.717) is 6.04 Å². The SMILES string of the molecule is O=C(O)c1cnc(N(Cc2ccccc2)C2CC2)cn1. The molecular weight excluding hydrogens is 254 g/mol. The fraction of sp³-hybridized carbons (Fsp3) is 0.267. The monoisotopic (exact) mass is 269 g/mol. The van der Waals surface area contributed by atoms with Gasteiger partial charge in [0.25, 0.3) is 0 Å². The summed E-state index contributed by atoms with van der Waals surface area (Å²) in [6.07, 6.45) is 5.16. The van der Waals surface area contributed by atoms with Crippen molar-refractivity contribution in [3.05, 3.63) is 54.0 Å². The van der Waals surface area contributed by atoms with Gasteiger partial charge in [-0.15, -0.1) is 0 Å². The highest BCUT2D eigenvalue weighted by atomic mass is 16.4. The fourth-order valence-corrected chi connectivity index (χ4v) is 2.14.